The Hall–Kier alpha value is -2.70. The normalized spacial score (nSPS) is 10.2. The second-order valence-corrected chi connectivity index (χ2v) is 3.75. The van der Waals surface area contributed by atoms with Crippen LogP contribution < -0.4 is 10.5 Å². The molecule has 98 valence electrons. The number of rotatable bonds is 4. The number of anilines is 1. The molecule has 2 rings (SSSR count). The number of nitro benzene ring substituents is 1. The molecule has 0 spiro atoms. The van der Waals surface area contributed by atoms with Crippen molar-refractivity contribution < 1.29 is 14.1 Å². The Morgan fingerprint density at radius 3 is 2.74 bits per heavy atom. The minimum absolute atomic E-state index is 0.0533. The molecule has 0 atom stereocenters. The van der Waals surface area contributed by atoms with E-state index in [1.54, 1.807) is 12.1 Å². The van der Waals surface area contributed by atoms with Crippen LogP contribution in [0, 0.1) is 15.9 Å². The van der Waals surface area contributed by atoms with Gasteiger partial charge in [0.05, 0.1) is 11.0 Å². The van der Waals surface area contributed by atoms with Gasteiger partial charge in [-0.05, 0) is 12.1 Å². The number of nitrogen functional groups attached to an aromatic ring is 1. The predicted octanol–water partition coefficient (Wildman–Crippen LogP) is 2.29. The highest BCUT2D eigenvalue weighted by atomic mass is 19.1. The summed E-state index contributed by atoms with van der Waals surface area (Å²) in [6.45, 7) is 0.0992. The molecule has 0 saturated heterocycles. The monoisotopic (exact) mass is 263 g/mol. The van der Waals surface area contributed by atoms with Gasteiger partial charge in [-0.1, -0.05) is 6.07 Å². The van der Waals surface area contributed by atoms with Gasteiger partial charge in [-0.15, -0.1) is 0 Å². The van der Waals surface area contributed by atoms with Crippen molar-refractivity contribution in [2.75, 3.05) is 5.73 Å². The molecule has 2 aromatic rings. The van der Waals surface area contributed by atoms with Crippen LogP contribution >= 0.6 is 0 Å². The molecule has 1 aromatic heterocycles. The molecule has 0 saturated carbocycles. The number of nitro groups is 1. The van der Waals surface area contributed by atoms with Gasteiger partial charge in [0.1, 0.15) is 12.4 Å². The van der Waals surface area contributed by atoms with E-state index >= 15 is 0 Å². The van der Waals surface area contributed by atoms with E-state index in [0.717, 1.165) is 6.07 Å². The summed E-state index contributed by atoms with van der Waals surface area (Å²) < 4.78 is 18.7. The first-order valence-corrected chi connectivity index (χ1v) is 5.33. The molecule has 0 aliphatic rings. The molecule has 0 fully saturated rings. The predicted molar refractivity (Wildman–Crippen MR) is 66.0 cm³/mol. The van der Waals surface area contributed by atoms with Crippen molar-refractivity contribution in [3.05, 3.63) is 58.0 Å². The number of aromatic nitrogens is 1. The van der Waals surface area contributed by atoms with Crippen molar-refractivity contribution in [3.63, 3.8) is 0 Å². The van der Waals surface area contributed by atoms with Crippen LogP contribution in [0.25, 0.3) is 0 Å². The summed E-state index contributed by atoms with van der Waals surface area (Å²) in [6, 6.07) is 6.52. The van der Waals surface area contributed by atoms with E-state index in [-0.39, 0.29) is 18.0 Å². The van der Waals surface area contributed by atoms with E-state index in [2.05, 4.69) is 4.98 Å². The molecule has 0 bridgehead atoms. The highest BCUT2D eigenvalue weighted by Gasteiger charge is 2.11. The van der Waals surface area contributed by atoms with Crippen molar-refractivity contribution in [2.45, 2.75) is 6.61 Å². The molecule has 19 heavy (non-hydrogen) atoms. The van der Waals surface area contributed by atoms with E-state index in [4.69, 9.17) is 10.5 Å². The molecule has 7 heteroatoms. The maximum absolute atomic E-state index is 13.5. The van der Waals surface area contributed by atoms with Crippen molar-refractivity contribution in [1.82, 2.24) is 4.98 Å². The lowest BCUT2D eigenvalue weighted by molar-refractivity contribution is -0.385. The topological polar surface area (TPSA) is 91.3 Å². The largest absolute Gasteiger partial charge is 0.486 e. The Bertz CT molecular complexity index is 602. The van der Waals surface area contributed by atoms with Crippen LogP contribution in [0.4, 0.5) is 15.9 Å². The number of nitrogens with zero attached hydrogens (tertiary/aromatic N) is 2. The van der Waals surface area contributed by atoms with Gasteiger partial charge in [0.25, 0.3) is 5.69 Å². The number of nitrogens with two attached hydrogens (primary N) is 1. The van der Waals surface area contributed by atoms with Crippen molar-refractivity contribution >= 4 is 11.5 Å². The van der Waals surface area contributed by atoms with Gasteiger partial charge in [0.2, 0.25) is 0 Å². The number of ether oxygens (including phenoxy) is 1. The summed E-state index contributed by atoms with van der Waals surface area (Å²) >= 11 is 0. The van der Waals surface area contributed by atoms with Crippen LogP contribution in [0.1, 0.15) is 5.56 Å². The average Bonchev–Trinajstić information content (AvgIpc) is 2.39. The van der Waals surface area contributed by atoms with E-state index in [1.165, 1.54) is 18.3 Å². The summed E-state index contributed by atoms with van der Waals surface area (Å²) in [5.41, 5.74) is 5.82. The second kappa shape index (κ2) is 5.30. The second-order valence-electron chi connectivity index (χ2n) is 3.75. The van der Waals surface area contributed by atoms with E-state index < -0.39 is 10.7 Å². The fraction of sp³-hybridized carbons (Fsp3) is 0.0833. The Labute approximate surface area is 107 Å². The zero-order chi connectivity index (χ0) is 13.8. The lowest BCUT2D eigenvalue weighted by Crippen LogP contribution is -1.99. The summed E-state index contributed by atoms with van der Waals surface area (Å²) in [4.78, 5) is 13.6. The number of benzene rings is 1. The van der Waals surface area contributed by atoms with Crippen LogP contribution in [0.2, 0.25) is 0 Å². The quantitative estimate of drug-likeness (QED) is 0.675. The van der Waals surface area contributed by atoms with E-state index in [0.29, 0.717) is 11.4 Å². The van der Waals surface area contributed by atoms with Crippen molar-refractivity contribution in [3.8, 4) is 5.75 Å². The summed E-state index contributed by atoms with van der Waals surface area (Å²) in [6.07, 6.45) is 1.51. The van der Waals surface area contributed by atoms with Gasteiger partial charge in [0, 0.05) is 17.8 Å². The summed E-state index contributed by atoms with van der Waals surface area (Å²) in [7, 11) is 0. The van der Waals surface area contributed by atoms with Gasteiger partial charge in [0.15, 0.2) is 11.6 Å². The molecule has 0 amide bonds. The van der Waals surface area contributed by atoms with Crippen LogP contribution in [-0.2, 0) is 6.61 Å². The van der Waals surface area contributed by atoms with Crippen LogP contribution in [0.5, 0.6) is 5.75 Å². The third-order valence-electron chi connectivity index (χ3n) is 2.37. The van der Waals surface area contributed by atoms with Gasteiger partial charge in [-0.2, -0.15) is 0 Å². The highest BCUT2D eigenvalue weighted by Crippen LogP contribution is 2.23. The lowest BCUT2D eigenvalue weighted by atomic mass is 10.3. The van der Waals surface area contributed by atoms with Crippen molar-refractivity contribution in [1.29, 1.82) is 0 Å². The Balaban J connectivity index is 2.07. The third kappa shape index (κ3) is 3.15. The van der Waals surface area contributed by atoms with Gasteiger partial charge in [-0.25, -0.2) is 9.37 Å². The first-order valence-electron chi connectivity index (χ1n) is 5.33. The Kier molecular flexibility index (Phi) is 3.56. The van der Waals surface area contributed by atoms with E-state index in [9.17, 15) is 14.5 Å². The van der Waals surface area contributed by atoms with Crippen LogP contribution in [0.3, 0.4) is 0 Å². The third-order valence-corrected chi connectivity index (χ3v) is 2.37. The van der Waals surface area contributed by atoms with Gasteiger partial charge in [-0.3, -0.25) is 10.1 Å². The first kappa shape index (κ1) is 12.7. The van der Waals surface area contributed by atoms with E-state index in [1.807, 2.05) is 0 Å². The number of hydrogen-bond donors (Lipinski definition) is 1. The molecule has 0 aliphatic heterocycles. The Morgan fingerprint density at radius 2 is 2.16 bits per heavy atom. The summed E-state index contributed by atoms with van der Waals surface area (Å²) in [5, 5.41) is 10.5. The fourth-order valence-electron chi connectivity index (χ4n) is 1.40. The zero-order valence-corrected chi connectivity index (χ0v) is 9.75. The highest BCUT2D eigenvalue weighted by molar-refractivity contribution is 5.37. The Morgan fingerprint density at radius 1 is 1.37 bits per heavy atom. The maximum Gasteiger partial charge on any atom is 0.272 e. The summed E-state index contributed by atoms with van der Waals surface area (Å²) in [5.74, 6) is -0.453. The van der Waals surface area contributed by atoms with Gasteiger partial charge < -0.3 is 10.5 Å². The number of halogens is 1. The van der Waals surface area contributed by atoms with Crippen LogP contribution in [-0.4, -0.2) is 9.91 Å². The lowest BCUT2D eigenvalue weighted by Gasteiger charge is -2.07. The molecule has 1 heterocycles. The maximum atomic E-state index is 13.5. The minimum Gasteiger partial charge on any atom is -0.486 e. The van der Waals surface area contributed by atoms with Crippen LogP contribution in [0.15, 0.2) is 36.5 Å². The number of hydrogen-bond acceptors (Lipinski definition) is 5. The zero-order valence-electron chi connectivity index (χ0n) is 9.75. The SMILES string of the molecule is Nc1ccc(COc2ccc([N+](=O)[O-])cc2F)cn1. The number of pyridine rings is 1. The molecule has 0 radical (unpaired) electrons. The molecule has 0 unspecified atom stereocenters. The van der Waals surface area contributed by atoms with Gasteiger partial charge >= 0.3 is 0 Å². The standard InChI is InChI=1S/C12H10FN3O3/c13-10-5-9(16(17)18)2-3-11(10)19-7-8-1-4-12(14)15-6-8/h1-6H,7H2,(H2,14,15). The van der Waals surface area contributed by atoms with Crippen molar-refractivity contribution in [2.24, 2.45) is 0 Å². The molecule has 2 N–H and O–H groups in total. The minimum atomic E-state index is -0.780. The fourth-order valence-corrected chi connectivity index (χ4v) is 1.40. The smallest absolute Gasteiger partial charge is 0.272 e. The first-order chi connectivity index (χ1) is 9.06. The average molecular weight is 263 g/mol. The molecule has 0 aliphatic carbocycles. The molecular weight excluding hydrogens is 253 g/mol. The number of non-ortho nitro benzene ring substituents is 1. The molecule has 1 aromatic carbocycles. The molecule has 6 nitrogen and oxygen atoms in total. The molecular formula is C12H10FN3O3.